The molecule has 2 aromatic heterocycles. The molecule has 8 heteroatoms. The van der Waals surface area contributed by atoms with Crippen LogP contribution >= 0.6 is 0 Å². The van der Waals surface area contributed by atoms with Crippen LogP contribution in [0.5, 0.6) is 5.88 Å². The Morgan fingerprint density at radius 3 is 2.96 bits per heavy atom. The summed E-state index contributed by atoms with van der Waals surface area (Å²) in [4.78, 5) is 4.52. The molecule has 1 aliphatic carbocycles. The summed E-state index contributed by atoms with van der Waals surface area (Å²) >= 11 is 0. The second-order valence-corrected chi connectivity index (χ2v) is 4.98. The van der Waals surface area contributed by atoms with E-state index in [-0.39, 0.29) is 18.9 Å². The monoisotopic (exact) mass is 327 g/mol. The Balaban J connectivity index is 2.07. The average molecular weight is 327 g/mol. The normalized spacial score (nSPS) is 16.2. The zero-order valence-corrected chi connectivity index (χ0v) is 13.1. The maximum absolute atomic E-state index is 8.88. The molecule has 0 unspecified atom stereocenters. The van der Waals surface area contributed by atoms with E-state index in [2.05, 4.69) is 10.1 Å². The molecule has 0 amide bonds. The molecule has 0 spiro atoms. The van der Waals surface area contributed by atoms with Crippen LogP contribution in [0, 0.1) is 5.41 Å². The van der Waals surface area contributed by atoms with Crippen LogP contribution < -0.4 is 10.5 Å². The van der Waals surface area contributed by atoms with E-state index in [9.17, 15) is 0 Å². The Morgan fingerprint density at radius 1 is 1.38 bits per heavy atom. The first-order valence-corrected chi connectivity index (χ1v) is 7.26. The highest BCUT2D eigenvalue weighted by molar-refractivity contribution is 6.50. The van der Waals surface area contributed by atoms with Gasteiger partial charge in [-0.3, -0.25) is 5.41 Å². The molecule has 0 saturated carbocycles. The summed E-state index contributed by atoms with van der Waals surface area (Å²) in [5.74, 6) is 0.726. The van der Waals surface area contributed by atoms with Crippen molar-refractivity contribution in [3.8, 4) is 5.88 Å². The van der Waals surface area contributed by atoms with Gasteiger partial charge in [-0.25, -0.2) is 9.51 Å². The highest BCUT2D eigenvalue weighted by Crippen LogP contribution is 2.32. The molecule has 124 valence electrons. The number of hydrogen-bond donors (Lipinski definition) is 3. The maximum Gasteiger partial charge on any atom is 0.259 e. The maximum atomic E-state index is 8.88. The third kappa shape index (κ3) is 2.86. The van der Waals surface area contributed by atoms with Gasteiger partial charge in [0.1, 0.15) is 12.4 Å². The van der Waals surface area contributed by atoms with Crippen LogP contribution in [-0.4, -0.2) is 46.5 Å². The first-order chi connectivity index (χ1) is 11.6. The third-order valence-electron chi connectivity index (χ3n) is 3.39. The molecular formula is C16H17N5O3. The standard InChI is InChI=1S/C16H17N5O3/c1-23-16-15(13-4-2-3-5-21(13)20-16)19-12-9-14(24-7-6-22)11(18)8-10(12)17/h2-5,8-9,17,22H,6-7,18H2,1H3. The number of aliphatic hydroxyl groups excluding tert-OH is 1. The number of aliphatic hydroxyl groups is 1. The largest absolute Gasteiger partial charge is 0.489 e. The van der Waals surface area contributed by atoms with Gasteiger partial charge in [0.15, 0.2) is 5.69 Å². The number of hydrogen-bond acceptors (Lipinski definition) is 7. The zero-order chi connectivity index (χ0) is 17.1. The Hall–Kier alpha value is -3.13. The molecule has 2 heterocycles. The molecule has 0 atom stereocenters. The van der Waals surface area contributed by atoms with Crippen molar-refractivity contribution >= 4 is 22.6 Å². The van der Waals surface area contributed by atoms with E-state index in [0.717, 1.165) is 5.52 Å². The molecule has 0 radical (unpaired) electrons. The number of nitrogens with two attached hydrogens (primary N) is 1. The minimum absolute atomic E-state index is 0.112. The second kappa shape index (κ2) is 6.55. The van der Waals surface area contributed by atoms with Gasteiger partial charge in [0.2, 0.25) is 0 Å². The van der Waals surface area contributed by atoms with E-state index in [1.807, 2.05) is 18.2 Å². The number of fused-ring (bicyclic) bond motifs is 1. The van der Waals surface area contributed by atoms with Crippen LogP contribution in [0.4, 0.5) is 5.69 Å². The highest BCUT2D eigenvalue weighted by Gasteiger charge is 2.18. The summed E-state index contributed by atoms with van der Waals surface area (Å²) in [5, 5.41) is 21.3. The van der Waals surface area contributed by atoms with Gasteiger partial charge in [-0.2, -0.15) is 0 Å². The number of nitrogens with one attached hydrogen (secondary N) is 1. The number of methoxy groups -OCH3 is 1. The Bertz CT molecular complexity index is 879. The Labute approximate surface area is 138 Å². The van der Waals surface area contributed by atoms with Crippen molar-refractivity contribution in [3.63, 3.8) is 0 Å². The third-order valence-corrected chi connectivity index (χ3v) is 3.39. The van der Waals surface area contributed by atoms with Crippen molar-refractivity contribution in [2.75, 3.05) is 20.3 Å². The second-order valence-electron chi connectivity index (χ2n) is 4.98. The SMILES string of the molecule is COc1nn2ccccc2c1N=C1C=C(OCCO)C(N)=CC1=N. The van der Waals surface area contributed by atoms with Gasteiger partial charge >= 0.3 is 0 Å². The lowest BCUT2D eigenvalue weighted by molar-refractivity contribution is 0.149. The van der Waals surface area contributed by atoms with Crippen molar-refractivity contribution in [3.05, 3.63) is 48.0 Å². The number of ether oxygens (including phenoxy) is 2. The van der Waals surface area contributed by atoms with E-state index in [0.29, 0.717) is 28.7 Å². The van der Waals surface area contributed by atoms with Crippen molar-refractivity contribution < 1.29 is 14.6 Å². The molecular weight excluding hydrogens is 310 g/mol. The van der Waals surface area contributed by atoms with Gasteiger partial charge in [-0.15, -0.1) is 5.10 Å². The summed E-state index contributed by atoms with van der Waals surface area (Å²) in [6, 6.07) is 5.58. The Kier molecular flexibility index (Phi) is 4.30. The first kappa shape index (κ1) is 15.8. The highest BCUT2D eigenvalue weighted by atomic mass is 16.5. The van der Waals surface area contributed by atoms with Crippen LogP contribution in [0.1, 0.15) is 0 Å². The van der Waals surface area contributed by atoms with Gasteiger partial charge in [0.25, 0.3) is 5.88 Å². The smallest absolute Gasteiger partial charge is 0.259 e. The number of allylic oxidation sites excluding steroid dienone is 2. The van der Waals surface area contributed by atoms with Crippen LogP contribution in [0.25, 0.3) is 5.52 Å². The fourth-order valence-corrected chi connectivity index (χ4v) is 2.29. The quantitative estimate of drug-likeness (QED) is 0.713. The lowest BCUT2D eigenvalue weighted by atomic mass is 10.1. The molecule has 0 aliphatic heterocycles. The molecule has 24 heavy (non-hydrogen) atoms. The minimum atomic E-state index is -0.129. The van der Waals surface area contributed by atoms with E-state index < -0.39 is 0 Å². The lowest BCUT2D eigenvalue weighted by Crippen LogP contribution is -2.20. The van der Waals surface area contributed by atoms with Crippen LogP contribution in [-0.2, 0) is 4.74 Å². The molecule has 0 saturated heterocycles. The minimum Gasteiger partial charge on any atom is -0.489 e. The lowest BCUT2D eigenvalue weighted by Gasteiger charge is -2.15. The van der Waals surface area contributed by atoms with Crippen molar-refractivity contribution in [1.82, 2.24) is 9.61 Å². The van der Waals surface area contributed by atoms with E-state index in [1.165, 1.54) is 13.2 Å². The zero-order valence-electron chi connectivity index (χ0n) is 13.1. The molecule has 1 aliphatic rings. The predicted octanol–water partition coefficient (Wildman–Crippen LogP) is 1.18. The molecule has 2 aromatic rings. The molecule has 0 aromatic carbocycles. The number of rotatable bonds is 5. The average Bonchev–Trinajstić information content (AvgIpc) is 2.94. The van der Waals surface area contributed by atoms with Crippen molar-refractivity contribution in [1.29, 1.82) is 5.41 Å². The summed E-state index contributed by atoms with van der Waals surface area (Å²) < 4.78 is 12.3. The van der Waals surface area contributed by atoms with Crippen molar-refractivity contribution in [2.24, 2.45) is 10.7 Å². The predicted molar refractivity (Wildman–Crippen MR) is 90.0 cm³/mol. The van der Waals surface area contributed by atoms with Crippen molar-refractivity contribution in [2.45, 2.75) is 0 Å². The fourth-order valence-electron chi connectivity index (χ4n) is 2.29. The van der Waals surface area contributed by atoms with E-state index in [4.69, 9.17) is 25.7 Å². The molecule has 4 N–H and O–H groups in total. The molecule has 0 fully saturated rings. The van der Waals surface area contributed by atoms with Crippen LogP contribution in [0.15, 0.2) is 53.0 Å². The number of aromatic nitrogens is 2. The van der Waals surface area contributed by atoms with Gasteiger partial charge in [-0.1, -0.05) is 6.07 Å². The van der Waals surface area contributed by atoms with Gasteiger partial charge < -0.3 is 20.3 Å². The summed E-state index contributed by atoms with van der Waals surface area (Å²) in [5.41, 5.74) is 7.96. The number of pyridine rings is 1. The molecule has 8 nitrogen and oxygen atoms in total. The van der Waals surface area contributed by atoms with Gasteiger partial charge in [-0.05, 0) is 18.2 Å². The molecule has 0 bridgehead atoms. The Morgan fingerprint density at radius 2 is 2.21 bits per heavy atom. The summed E-state index contributed by atoms with van der Waals surface area (Å²) in [6.07, 6.45) is 4.82. The van der Waals surface area contributed by atoms with Crippen LogP contribution in [0.3, 0.4) is 0 Å². The van der Waals surface area contributed by atoms with Gasteiger partial charge in [0.05, 0.1) is 36.4 Å². The molecule has 3 rings (SSSR count). The summed E-state index contributed by atoms with van der Waals surface area (Å²) in [7, 11) is 1.52. The number of nitrogens with zero attached hydrogens (tertiary/aromatic N) is 3. The van der Waals surface area contributed by atoms with E-state index >= 15 is 0 Å². The summed E-state index contributed by atoms with van der Waals surface area (Å²) in [6.45, 7) is -0.0164. The fraction of sp³-hybridized carbons (Fsp3) is 0.188. The topological polar surface area (TPSA) is 118 Å². The van der Waals surface area contributed by atoms with Crippen LogP contribution in [0.2, 0.25) is 0 Å². The first-order valence-electron chi connectivity index (χ1n) is 7.26. The van der Waals surface area contributed by atoms with Gasteiger partial charge in [0, 0.05) is 12.3 Å². The van der Waals surface area contributed by atoms with E-state index in [1.54, 1.807) is 16.8 Å². The number of aliphatic imine (C=N–C) groups is 1.